The SMILES string of the molecule is Cc1ccnc(Cl)c1NC(=O)c1cc(N)cnc1C. The molecule has 1 amide bonds. The third-order valence-corrected chi connectivity index (χ3v) is 2.99. The molecule has 2 aromatic rings. The van der Waals surface area contributed by atoms with Crippen LogP contribution in [0.15, 0.2) is 24.5 Å². The lowest BCUT2D eigenvalue weighted by molar-refractivity contribution is 0.102. The second-order valence-corrected chi connectivity index (χ2v) is 4.51. The van der Waals surface area contributed by atoms with Crippen molar-refractivity contribution in [2.75, 3.05) is 11.1 Å². The number of halogens is 1. The molecule has 6 heteroatoms. The van der Waals surface area contributed by atoms with Crippen molar-refractivity contribution in [1.29, 1.82) is 0 Å². The largest absolute Gasteiger partial charge is 0.397 e. The first-order valence-corrected chi connectivity index (χ1v) is 6.01. The van der Waals surface area contributed by atoms with Gasteiger partial charge in [-0.15, -0.1) is 0 Å². The fourth-order valence-corrected chi connectivity index (χ4v) is 1.89. The molecular weight excluding hydrogens is 264 g/mol. The Balaban J connectivity index is 2.34. The van der Waals surface area contributed by atoms with Gasteiger partial charge in [0.05, 0.1) is 28.8 Å². The molecule has 2 rings (SSSR count). The van der Waals surface area contributed by atoms with E-state index in [-0.39, 0.29) is 11.1 Å². The van der Waals surface area contributed by atoms with Crippen molar-refractivity contribution in [3.8, 4) is 0 Å². The van der Waals surface area contributed by atoms with E-state index in [4.69, 9.17) is 17.3 Å². The fraction of sp³-hybridized carbons (Fsp3) is 0.154. The molecule has 0 atom stereocenters. The van der Waals surface area contributed by atoms with Crippen molar-refractivity contribution in [1.82, 2.24) is 9.97 Å². The highest BCUT2D eigenvalue weighted by molar-refractivity contribution is 6.32. The molecule has 5 nitrogen and oxygen atoms in total. The third-order valence-electron chi connectivity index (χ3n) is 2.70. The van der Waals surface area contributed by atoms with Crippen LogP contribution in [-0.2, 0) is 0 Å². The quantitative estimate of drug-likeness (QED) is 0.826. The van der Waals surface area contributed by atoms with E-state index < -0.39 is 0 Å². The number of rotatable bonds is 2. The van der Waals surface area contributed by atoms with Crippen molar-refractivity contribution in [2.24, 2.45) is 0 Å². The van der Waals surface area contributed by atoms with E-state index in [1.807, 2.05) is 6.92 Å². The van der Waals surface area contributed by atoms with Gasteiger partial charge in [0, 0.05) is 6.20 Å². The Labute approximate surface area is 115 Å². The lowest BCUT2D eigenvalue weighted by Crippen LogP contribution is -2.16. The van der Waals surface area contributed by atoms with Gasteiger partial charge in [0.1, 0.15) is 0 Å². The maximum atomic E-state index is 12.2. The second-order valence-electron chi connectivity index (χ2n) is 4.15. The minimum Gasteiger partial charge on any atom is -0.397 e. The van der Waals surface area contributed by atoms with Gasteiger partial charge in [-0.25, -0.2) is 4.98 Å². The van der Waals surface area contributed by atoms with Crippen molar-refractivity contribution < 1.29 is 4.79 Å². The summed E-state index contributed by atoms with van der Waals surface area (Å²) in [6, 6.07) is 3.35. The number of aryl methyl sites for hydroxylation is 2. The minimum atomic E-state index is -0.310. The Morgan fingerprint density at radius 2 is 2.11 bits per heavy atom. The molecule has 2 heterocycles. The number of hydrogen-bond acceptors (Lipinski definition) is 4. The van der Waals surface area contributed by atoms with Gasteiger partial charge in [0.25, 0.3) is 5.91 Å². The summed E-state index contributed by atoms with van der Waals surface area (Å²) in [5, 5.41) is 2.99. The number of nitrogens with zero attached hydrogens (tertiary/aromatic N) is 2. The summed E-state index contributed by atoms with van der Waals surface area (Å²) in [6.45, 7) is 3.58. The van der Waals surface area contributed by atoms with Crippen LogP contribution >= 0.6 is 11.6 Å². The Morgan fingerprint density at radius 3 is 2.79 bits per heavy atom. The predicted octanol–water partition coefficient (Wildman–Crippen LogP) is 2.58. The normalized spacial score (nSPS) is 10.3. The van der Waals surface area contributed by atoms with Crippen LogP contribution in [0.1, 0.15) is 21.6 Å². The zero-order chi connectivity index (χ0) is 14.0. The van der Waals surface area contributed by atoms with Crippen LogP contribution in [0.2, 0.25) is 5.15 Å². The maximum absolute atomic E-state index is 12.2. The van der Waals surface area contributed by atoms with Crippen LogP contribution in [0.25, 0.3) is 0 Å². The average molecular weight is 277 g/mol. The standard InChI is InChI=1S/C13H13ClN4O/c1-7-3-4-16-12(14)11(7)18-13(19)10-5-9(15)6-17-8(10)2/h3-6H,15H2,1-2H3,(H,18,19). The summed E-state index contributed by atoms with van der Waals surface area (Å²) in [4.78, 5) is 20.2. The monoisotopic (exact) mass is 276 g/mol. The summed E-state index contributed by atoms with van der Waals surface area (Å²) in [5.74, 6) is -0.310. The number of amides is 1. The number of carbonyl (C=O) groups is 1. The van der Waals surface area contributed by atoms with Crippen LogP contribution in [0, 0.1) is 13.8 Å². The minimum absolute atomic E-state index is 0.253. The highest BCUT2D eigenvalue weighted by Crippen LogP contribution is 2.23. The molecule has 0 aliphatic rings. The van der Waals surface area contributed by atoms with Gasteiger partial charge in [-0.2, -0.15) is 0 Å². The van der Waals surface area contributed by atoms with E-state index in [0.717, 1.165) is 5.56 Å². The highest BCUT2D eigenvalue weighted by Gasteiger charge is 2.14. The molecule has 0 saturated heterocycles. The molecule has 0 unspecified atom stereocenters. The molecule has 0 aromatic carbocycles. The average Bonchev–Trinajstić information content (AvgIpc) is 2.37. The molecule has 0 bridgehead atoms. The van der Waals surface area contributed by atoms with Gasteiger partial charge in [-0.05, 0) is 31.5 Å². The van der Waals surface area contributed by atoms with Crippen LogP contribution in [0.5, 0.6) is 0 Å². The van der Waals surface area contributed by atoms with Crippen LogP contribution < -0.4 is 11.1 Å². The molecule has 98 valence electrons. The van der Waals surface area contributed by atoms with Gasteiger partial charge >= 0.3 is 0 Å². The van der Waals surface area contributed by atoms with Gasteiger partial charge in [-0.3, -0.25) is 9.78 Å². The summed E-state index contributed by atoms with van der Waals surface area (Å²) in [5.41, 5.74) is 8.42. The molecule has 3 N–H and O–H groups in total. The van der Waals surface area contributed by atoms with Crippen molar-refractivity contribution in [2.45, 2.75) is 13.8 Å². The van der Waals surface area contributed by atoms with Crippen LogP contribution in [0.4, 0.5) is 11.4 Å². The van der Waals surface area contributed by atoms with E-state index in [2.05, 4.69) is 15.3 Å². The zero-order valence-electron chi connectivity index (χ0n) is 10.6. The zero-order valence-corrected chi connectivity index (χ0v) is 11.3. The van der Waals surface area contributed by atoms with Crippen molar-refractivity contribution in [3.05, 3.63) is 46.5 Å². The number of aromatic nitrogens is 2. The predicted molar refractivity (Wildman–Crippen MR) is 75.3 cm³/mol. The maximum Gasteiger partial charge on any atom is 0.257 e. The highest BCUT2D eigenvalue weighted by atomic mass is 35.5. The summed E-state index contributed by atoms with van der Waals surface area (Å²) in [7, 11) is 0. The van der Waals surface area contributed by atoms with Gasteiger partial charge in [0.2, 0.25) is 0 Å². The number of pyridine rings is 2. The molecule has 0 spiro atoms. The van der Waals surface area contributed by atoms with Gasteiger partial charge in [0.15, 0.2) is 5.15 Å². The number of nitrogens with one attached hydrogen (secondary N) is 1. The van der Waals surface area contributed by atoms with Crippen LogP contribution in [0.3, 0.4) is 0 Å². The summed E-state index contributed by atoms with van der Waals surface area (Å²) < 4.78 is 0. The Hall–Kier alpha value is -2.14. The van der Waals surface area contributed by atoms with E-state index in [1.54, 1.807) is 25.3 Å². The number of hydrogen-bond donors (Lipinski definition) is 2. The lowest BCUT2D eigenvalue weighted by Gasteiger charge is -2.11. The van der Waals surface area contributed by atoms with Gasteiger partial charge < -0.3 is 11.1 Å². The van der Waals surface area contributed by atoms with E-state index in [0.29, 0.717) is 22.6 Å². The van der Waals surface area contributed by atoms with E-state index in [1.165, 1.54) is 6.20 Å². The summed E-state index contributed by atoms with van der Waals surface area (Å²) in [6.07, 6.45) is 3.09. The first-order chi connectivity index (χ1) is 8.99. The summed E-state index contributed by atoms with van der Waals surface area (Å²) >= 11 is 5.97. The van der Waals surface area contributed by atoms with Crippen LogP contribution in [-0.4, -0.2) is 15.9 Å². The Kier molecular flexibility index (Phi) is 3.66. The van der Waals surface area contributed by atoms with E-state index in [9.17, 15) is 4.79 Å². The molecule has 2 aromatic heterocycles. The Bertz CT molecular complexity index is 622. The third kappa shape index (κ3) is 2.82. The second kappa shape index (κ2) is 5.24. The molecule has 0 fully saturated rings. The molecule has 0 saturated carbocycles. The molecule has 19 heavy (non-hydrogen) atoms. The fourth-order valence-electron chi connectivity index (χ4n) is 1.64. The first kappa shape index (κ1) is 13.3. The molecule has 0 aliphatic carbocycles. The topological polar surface area (TPSA) is 80.9 Å². The van der Waals surface area contributed by atoms with Crippen molar-refractivity contribution in [3.63, 3.8) is 0 Å². The van der Waals surface area contributed by atoms with Gasteiger partial charge in [-0.1, -0.05) is 11.6 Å². The number of carbonyl (C=O) groups excluding carboxylic acids is 1. The number of nitrogens with two attached hydrogens (primary N) is 1. The first-order valence-electron chi connectivity index (χ1n) is 5.63. The smallest absolute Gasteiger partial charge is 0.257 e. The lowest BCUT2D eigenvalue weighted by atomic mass is 10.1. The molecular formula is C13H13ClN4O. The Morgan fingerprint density at radius 1 is 1.37 bits per heavy atom. The number of nitrogen functional groups attached to an aromatic ring is 1. The van der Waals surface area contributed by atoms with E-state index >= 15 is 0 Å². The molecule has 0 aliphatic heterocycles. The van der Waals surface area contributed by atoms with Crippen molar-refractivity contribution >= 4 is 28.9 Å². The molecule has 0 radical (unpaired) electrons. The number of anilines is 2.